The van der Waals surface area contributed by atoms with Crippen molar-refractivity contribution in [2.45, 2.75) is 19.9 Å². The Labute approximate surface area is 130 Å². The normalized spacial score (nSPS) is 11.5. The molecule has 0 radical (unpaired) electrons. The van der Waals surface area contributed by atoms with Crippen LogP contribution in [0.2, 0.25) is 0 Å². The maximum atomic E-state index is 12.1. The van der Waals surface area contributed by atoms with Gasteiger partial charge in [-0.25, -0.2) is 0 Å². The number of thiocarbonyl (C=S) groups is 1. The van der Waals surface area contributed by atoms with Gasteiger partial charge < -0.3 is 5.32 Å². The third-order valence-electron chi connectivity index (χ3n) is 3.15. The zero-order valence-electron chi connectivity index (χ0n) is 12.1. The molecular weight excluding hydrogens is 280 g/mol. The van der Waals surface area contributed by atoms with Crippen molar-refractivity contribution < 1.29 is 4.79 Å². The van der Waals surface area contributed by atoms with E-state index in [1.165, 1.54) is 0 Å². The van der Waals surface area contributed by atoms with E-state index in [-0.39, 0.29) is 11.9 Å². The van der Waals surface area contributed by atoms with Crippen LogP contribution in [0, 0.1) is 6.92 Å². The van der Waals surface area contributed by atoms with E-state index < -0.39 is 0 Å². The Morgan fingerprint density at radius 1 is 1.10 bits per heavy atom. The number of carbonyl (C=O) groups is 1. The van der Waals surface area contributed by atoms with E-state index in [9.17, 15) is 4.79 Å². The quantitative estimate of drug-likeness (QED) is 0.854. The molecule has 0 saturated heterocycles. The van der Waals surface area contributed by atoms with Gasteiger partial charge in [-0.1, -0.05) is 48.0 Å². The fraction of sp³-hybridized carbons (Fsp3) is 0.176. The highest BCUT2D eigenvalue weighted by Gasteiger charge is 2.10. The van der Waals surface area contributed by atoms with Crippen LogP contribution in [0.3, 0.4) is 0 Å². The SMILES string of the molecule is Cc1cccc(C(=O)NC(=S)N[C@H](C)c2ccccc2)c1. The molecule has 2 aromatic carbocycles. The van der Waals surface area contributed by atoms with E-state index >= 15 is 0 Å². The fourth-order valence-electron chi connectivity index (χ4n) is 2.02. The lowest BCUT2D eigenvalue weighted by molar-refractivity contribution is 0.0976. The van der Waals surface area contributed by atoms with Crippen LogP contribution >= 0.6 is 12.2 Å². The number of rotatable bonds is 3. The summed E-state index contributed by atoms with van der Waals surface area (Å²) < 4.78 is 0. The molecule has 0 bridgehead atoms. The van der Waals surface area contributed by atoms with Crippen LogP contribution in [0.1, 0.15) is 34.5 Å². The van der Waals surface area contributed by atoms with Gasteiger partial charge in [-0.3, -0.25) is 10.1 Å². The van der Waals surface area contributed by atoms with Gasteiger partial charge in [-0.15, -0.1) is 0 Å². The highest BCUT2D eigenvalue weighted by Crippen LogP contribution is 2.10. The minimum absolute atomic E-state index is 0.0384. The second-order valence-electron chi connectivity index (χ2n) is 4.93. The predicted octanol–water partition coefficient (Wildman–Crippen LogP) is 3.36. The monoisotopic (exact) mass is 298 g/mol. The van der Waals surface area contributed by atoms with Crippen molar-refractivity contribution in [1.29, 1.82) is 0 Å². The second kappa shape index (κ2) is 6.99. The van der Waals surface area contributed by atoms with Crippen molar-refractivity contribution in [2.24, 2.45) is 0 Å². The average molecular weight is 298 g/mol. The van der Waals surface area contributed by atoms with E-state index in [0.29, 0.717) is 10.7 Å². The maximum Gasteiger partial charge on any atom is 0.257 e. The molecule has 0 saturated carbocycles. The standard InChI is InChI=1S/C17H18N2OS/c1-12-7-6-10-15(11-12)16(20)19-17(21)18-13(2)14-8-4-3-5-9-14/h3-11,13H,1-2H3,(H2,18,19,20,21)/t13-/m1/s1. The summed E-state index contributed by atoms with van der Waals surface area (Å²) in [5.74, 6) is -0.198. The summed E-state index contributed by atoms with van der Waals surface area (Å²) in [5, 5.41) is 6.15. The molecule has 0 aliphatic rings. The summed E-state index contributed by atoms with van der Waals surface area (Å²) in [7, 11) is 0. The van der Waals surface area contributed by atoms with Crippen molar-refractivity contribution in [3.63, 3.8) is 0 Å². The van der Waals surface area contributed by atoms with Gasteiger partial charge in [0.15, 0.2) is 5.11 Å². The molecule has 108 valence electrons. The van der Waals surface area contributed by atoms with Crippen LogP contribution in [-0.4, -0.2) is 11.0 Å². The molecule has 1 atom stereocenters. The Morgan fingerprint density at radius 3 is 2.48 bits per heavy atom. The summed E-state index contributed by atoms with van der Waals surface area (Å²) in [6.45, 7) is 3.95. The molecule has 2 N–H and O–H groups in total. The number of hydrogen-bond donors (Lipinski definition) is 2. The lowest BCUT2D eigenvalue weighted by atomic mass is 10.1. The smallest absolute Gasteiger partial charge is 0.257 e. The van der Waals surface area contributed by atoms with Gasteiger partial charge in [0.2, 0.25) is 0 Å². The summed E-state index contributed by atoms with van der Waals surface area (Å²) in [6, 6.07) is 17.4. The summed E-state index contributed by atoms with van der Waals surface area (Å²) >= 11 is 5.20. The van der Waals surface area contributed by atoms with Gasteiger partial charge in [0.05, 0.1) is 6.04 Å². The van der Waals surface area contributed by atoms with Gasteiger partial charge in [0, 0.05) is 5.56 Å². The van der Waals surface area contributed by atoms with Gasteiger partial charge in [0.1, 0.15) is 0 Å². The Kier molecular flexibility index (Phi) is 5.06. The first kappa shape index (κ1) is 15.2. The molecule has 0 unspecified atom stereocenters. The van der Waals surface area contributed by atoms with Crippen molar-refractivity contribution in [3.05, 3.63) is 71.3 Å². The largest absolute Gasteiger partial charge is 0.356 e. The molecule has 0 aromatic heterocycles. The first-order valence-electron chi connectivity index (χ1n) is 6.79. The van der Waals surface area contributed by atoms with Crippen LogP contribution in [0.15, 0.2) is 54.6 Å². The zero-order valence-corrected chi connectivity index (χ0v) is 12.9. The molecule has 21 heavy (non-hydrogen) atoms. The minimum Gasteiger partial charge on any atom is -0.356 e. The Balaban J connectivity index is 1.94. The third-order valence-corrected chi connectivity index (χ3v) is 3.37. The second-order valence-corrected chi connectivity index (χ2v) is 5.34. The van der Waals surface area contributed by atoms with E-state index in [0.717, 1.165) is 11.1 Å². The first-order chi connectivity index (χ1) is 10.1. The summed E-state index contributed by atoms with van der Waals surface area (Å²) in [5.41, 5.74) is 2.76. The molecule has 0 aliphatic carbocycles. The molecule has 1 amide bonds. The van der Waals surface area contributed by atoms with Crippen molar-refractivity contribution in [1.82, 2.24) is 10.6 Å². The number of hydrogen-bond acceptors (Lipinski definition) is 2. The van der Waals surface area contributed by atoms with Crippen molar-refractivity contribution in [3.8, 4) is 0 Å². The first-order valence-corrected chi connectivity index (χ1v) is 7.20. The van der Waals surface area contributed by atoms with E-state index in [2.05, 4.69) is 10.6 Å². The maximum absolute atomic E-state index is 12.1. The Bertz CT molecular complexity index is 640. The lowest BCUT2D eigenvalue weighted by Crippen LogP contribution is -2.40. The molecule has 0 fully saturated rings. The number of benzene rings is 2. The molecule has 0 spiro atoms. The van der Waals surface area contributed by atoms with Gasteiger partial charge >= 0.3 is 0 Å². The number of amides is 1. The average Bonchev–Trinajstić information content (AvgIpc) is 2.48. The molecule has 3 nitrogen and oxygen atoms in total. The highest BCUT2D eigenvalue weighted by atomic mass is 32.1. The molecule has 0 aliphatic heterocycles. The number of aryl methyl sites for hydroxylation is 1. The molecule has 2 rings (SSSR count). The van der Waals surface area contributed by atoms with Crippen LogP contribution < -0.4 is 10.6 Å². The molecule has 2 aromatic rings. The summed E-state index contributed by atoms with van der Waals surface area (Å²) in [4.78, 5) is 12.1. The Morgan fingerprint density at radius 2 is 1.81 bits per heavy atom. The van der Waals surface area contributed by atoms with Gasteiger partial charge in [-0.2, -0.15) is 0 Å². The predicted molar refractivity (Wildman–Crippen MR) is 89.2 cm³/mol. The van der Waals surface area contributed by atoms with Crippen LogP contribution in [-0.2, 0) is 0 Å². The van der Waals surface area contributed by atoms with Crippen molar-refractivity contribution in [2.75, 3.05) is 0 Å². The van der Waals surface area contributed by atoms with Crippen LogP contribution in [0.5, 0.6) is 0 Å². The Hall–Kier alpha value is -2.20. The van der Waals surface area contributed by atoms with Gasteiger partial charge in [0.25, 0.3) is 5.91 Å². The highest BCUT2D eigenvalue weighted by molar-refractivity contribution is 7.80. The van der Waals surface area contributed by atoms with E-state index in [1.54, 1.807) is 6.07 Å². The third kappa shape index (κ3) is 4.39. The van der Waals surface area contributed by atoms with Gasteiger partial charge in [-0.05, 0) is 43.8 Å². The minimum atomic E-state index is -0.198. The van der Waals surface area contributed by atoms with Crippen LogP contribution in [0.4, 0.5) is 0 Å². The summed E-state index contributed by atoms with van der Waals surface area (Å²) in [6.07, 6.45) is 0. The molecular formula is C17H18N2OS. The topological polar surface area (TPSA) is 41.1 Å². The van der Waals surface area contributed by atoms with E-state index in [4.69, 9.17) is 12.2 Å². The van der Waals surface area contributed by atoms with E-state index in [1.807, 2.05) is 62.4 Å². The fourth-order valence-corrected chi connectivity index (χ4v) is 2.29. The number of carbonyl (C=O) groups excluding carboxylic acids is 1. The van der Waals surface area contributed by atoms with Crippen LogP contribution in [0.25, 0.3) is 0 Å². The molecule has 0 heterocycles. The zero-order chi connectivity index (χ0) is 15.2. The lowest BCUT2D eigenvalue weighted by Gasteiger charge is -2.16. The van der Waals surface area contributed by atoms with Crippen molar-refractivity contribution >= 4 is 23.2 Å². The number of nitrogens with one attached hydrogen (secondary N) is 2. The molecule has 4 heteroatoms.